The Morgan fingerprint density at radius 3 is 2.86 bits per heavy atom. The summed E-state index contributed by atoms with van der Waals surface area (Å²) in [5.74, 6) is -0.108. The Bertz CT molecular complexity index is 795. The molecule has 0 aliphatic heterocycles. The number of hydrogen-bond acceptors (Lipinski definition) is 3. The number of H-pyrrole nitrogens is 1. The average molecular weight is 295 g/mol. The van der Waals surface area contributed by atoms with Crippen LogP contribution in [-0.4, -0.2) is 23.0 Å². The third-order valence-corrected chi connectivity index (χ3v) is 3.54. The van der Waals surface area contributed by atoms with E-state index in [0.717, 1.165) is 22.2 Å². The number of imidazole rings is 1. The van der Waals surface area contributed by atoms with Crippen LogP contribution in [0.25, 0.3) is 11.0 Å². The first-order valence-corrected chi connectivity index (χ1v) is 7.05. The number of nitrogens with zero attached hydrogens (tertiary/aromatic N) is 1. The highest BCUT2D eigenvalue weighted by atomic mass is 16.5. The number of methoxy groups -OCH3 is 1. The Morgan fingerprint density at radius 2 is 2.05 bits per heavy atom. The van der Waals surface area contributed by atoms with E-state index in [2.05, 4.69) is 15.3 Å². The third kappa shape index (κ3) is 2.99. The van der Waals surface area contributed by atoms with Crippen molar-refractivity contribution in [3.05, 3.63) is 65.5 Å². The lowest BCUT2D eigenvalue weighted by atomic mass is 10.1. The Morgan fingerprint density at radius 1 is 1.23 bits per heavy atom. The largest absolute Gasteiger partial charge is 0.380 e. The van der Waals surface area contributed by atoms with Gasteiger partial charge in [-0.1, -0.05) is 24.3 Å². The second kappa shape index (κ2) is 6.41. The molecule has 0 unspecified atom stereocenters. The van der Waals surface area contributed by atoms with Crippen molar-refractivity contribution in [2.45, 2.75) is 13.2 Å². The van der Waals surface area contributed by atoms with Crippen molar-refractivity contribution >= 4 is 16.9 Å². The number of carbonyl (C=O) groups is 1. The Labute approximate surface area is 128 Å². The van der Waals surface area contributed by atoms with Gasteiger partial charge in [0, 0.05) is 19.2 Å². The highest BCUT2D eigenvalue weighted by molar-refractivity contribution is 5.97. The first kappa shape index (κ1) is 14.3. The van der Waals surface area contributed by atoms with Crippen molar-refractivity contribution in [1.82, 2.24) is 15.3 Å². The van der Waals surface area contributed by atoms with Gasteiger partial charge in [0.1, 0.15) is 0 Å². The lowest BCUT2D eigenvalue weighted by molar-refractivity contribution is 0.0950. The van der Waals surface area contributed by atoms with Crippen molar-refractivity contribution < 1.29 is 9.53 Å². The fraction of sp³-hybridized carbons (Fsp3) is 0.176. The molecular weight excluding hydrogens is 278 g/mol. The Kier molecular flexibility index (Phi) is 4.16. The van der Waals surface area contributed by atoms with Crippen LogP contribution in [0, 0.1) is 0 Å². The molecule has 112 valence electrons. The van der Waals surface area contributed by atoms with E-state index in [1.165, 1.54) is 0 Å². The molecule has 0 saturated carbocycles. The third-order valence-electron chi connectivity index (χ3n) is 3.54. The number of ether oxygens (including phenoxy) is 1. The molecule has 22 heavy (non-hydrogen) atoms. The fourth-order valence-corrected chi connectivity index (χ4v) is 2.38. The monoisotopic (exact) mass is 295 g/mol. The smallest absolute Gasteiger partial charge is 0.251 e. The molecule has 0 aliphatic carbocycles. The lowest BCUT2D eigenvalue weighted by Gasteiger charge is -2.10. The maximum absolute atomic E-state index is 12.3. The van der Waals surface area contributed by atoms with Gasteiger partial charge in [0.15, 0.2) is 0 Å². The number of nitrogens with one attached hydrogen (secondary N) is 2. The van der Waals surface area contributed by atoms with Crippen LogP contribution >= 0.6 is 0 Å². The lowest BCUT2D eigenvalue weighted by Crippen LogP contribution is -2.23. The first-order chi connectivity index (χ1) is 10.8. The zero-order valence-electron chi connectivity index (χ0n) is 12.3. The van der Waals surface area contributed by atoms with E-state index >= 15 is 0 Å². The van der Waals surface area contributed by atoms with Crippen molar-refractivity contribution in [2.24, 2.45) is 0 Å². The number of rotatable bonds is 5. The summed E-state index contributed by atoms with van der Waals surface area (Å²) in [6.45, 7) is 1.01. The van der Waals surface area contributed by atoms with Crippen LogP contribution in [-0.2, 0) is 17.9 Å². The SMILES string of the molecule is COCc1ccccc1CNC(=O)c1ccc2nc[nH]c2c1. The maximum Gasteiger partial charge on any atom is 0.251 e. The summed E-state index contributed by atoms with van der Waals surface area (Å²) in [4.78, 5) is 19.4. The van der Waals surface area contributed by atoms with E-state index in [0.29, 0.717) is 18.7 Å². The van der Waals surface area contributed by atoms with Gasteiger partial charge in [0.25, 0.3) is 5.91 Å². The Balaban J connectivity index is 1.72. The van der Waals surface area contributed by atoms with Crippen LogP contribution in [0.4, 0.5) is 0 Å². The first-order valence-electron chi connectivity index (χ1n) is 7.05. The quantitative estimate of drug-likeness (QED) is 0.760. The Hall–Kier alpha value is -2.66. The molecule has 0 aliphatic rings. The van der Waals surface area contributed by atoms with E-state index in [-0.39, 0.29) is 5.91 Å². The van der Waals surface area contributed by atoms with Gasteiger partial charge in [-0.25, -0.2) is 4.98 Å². The van der Waals surface area contributed by atoms with Gasteiger partial charge in [-0.05, 0) is 29.3 Å². The van der Waals surface area contributed by atoms with Gasteiger partial charge >= 0.3 is 0 Å². The minimum Gasteiger partial charge on any atom is -0.380 e. The molecule has 5 heteroatoms. The number of carbonyl (C=O) groups excluding carboxylic acids is 1. The van der Waals surface area contributed by atoms with Crippen LogP contribution in [0.2, 0.25) is 0 Å². The van der Waals surface area contributed by atoms with Crippen molar-refractivity contribution in [1.29, 1.82) is 0 Å². The molecule has 3 aromatic rings. The fourth-order valence-electron chi connectivity index (χ4n) is 2.38. The standard InChI is InChI=1S/C17H17N3O2/c1-22-10-14-5-3-2-4-13(14)9-18-17(21)12-6-7-15-16(8-12)20-11-19-15/h2-8,11H,9-10H2,1H3,(H,18,21)(H,19,20). The highest BCUT2D eigenvalue weighted by Crippen LogP contribution is 2.13. The summed E-state index contributed by atoms with van der Waals surface area (Å²) in [6, 6.07) is 13.3. The van der Waals surface area contributed by atoms with Crippen LogP contribution in [0.5, 0.6) is 0 Å². The molecule has 0 saturated heterocycles. The normalized spacial score (nSPS) is 10.8. The summed E-state index contributed by atoms with van der Waals surface area (Å²) in [6.07, 6.45) is 1.62. The van der Waals surface area contributed by atoms with Crippen molar-refractivity contribution in [3.63, 3.8) is 0 Å². The summed E-state index contributed by atoms with van der Waals surface area (Å²) in [7, 11) is 1.66. The topological polar surface area (TPSA) is 67.0 Å². The summed E-state index contributed by atoms with van der Waals surface area (Å²) in [5.41, 5.74) is 4.45. The van der Waals surface area contributed by atoms with Gasteiger partial charge in [0.05, 0.1) is 24.0 Å². The van der Waals surface area contributed by atoms with Gasteiger partial charge < -0.3 is 15.0 Å². The molecule has 5 nitrogen and oxygen atoms in total. The van der Waals surface area contributed by atoms with E-state index in [1.54, 1.807) is 25.6 Å². The molecule has 0 atom stereocenters. The predicted molar refractivity (Wildman–Crippen MR) is 84.4 cm³/mol. The molecule has 2 N–H and O–H groups in total. The van der Waals surface area contributed by atoms with Crippen LogP contribution in [0.15, 0.2) is 48.8 Å². The highest BCUT2D eigenvalue weighted by Gasteiger charge is 2.08. The molecule has 1 aromatic heterocycles. The van der Waals surface area contributed by atoms with Gasteiger partial charge in [-0.15, -0.1) is 0 Å². The molecule has 3 rings (SSSR count). The van der Waals surface area contributed by atoms with Crippen molar-refractivity contribution in [2.75, 3.05) is 7.11 Å². The number of hydrogen-bond donors (Lipinski definition) is 2. The maximum atomic E-state index is 12.3. The number of fused-ring (bicyclic) bond motifs is 1. The van der Waals surface area contributed by atoms with E-state index in [1.807, 2.05) is 30.3 Å². The minimum absolute atomic E-state index is 0.108. The molecule has 0 radical (unpaired) electrons. The summed E-state index contributed by atoms with van der Waals surface area (Å²) in [5, 5.41) is 2.94. The zero-order valence-corrected chi connectivity index (χ0v) is 12.3. The second-order valence-electron chi connectivity index (χ2n) is 5.02. The van der Waals surface area contributed by atoms with Gasteiger partial charge in [-0.3, -0.25) is 4.79 Å². The molecular formula is C17H17N3O2. The van der Waals surface area contributed by atoms with E-state index in [4.69, 9.17) is 4.74 Å². The molecule has 0 fully saturated rings. The number of amides is 1. The average Bonchev–Trinajstić information content (AvgIpc) is 3.01. The summed E-state index contributed by atoms with van der Waals surface area (Å²) < 4.78 is 5.18. The number of benzene rings is 2. The minimum atomic E-state index is -0.108. The van der Waals surface area contributed by atoms with Gasteiger partial charge in [-0.2, -0.15) is 0 Å². The van der Waals surface area contributed by atoms with Crippen molar-refractivity contribution in [3.8, 4) is 0 Å². The number of aromatic nitrogens is 2. The predicted octanol–water partition coefficient (Wildman–Crippen LogP) is 2.64. The molecule has 0 bridgehead atoms. The second-order valence-corrected chi connectivity index (χ2v) is 5.02. The van der Waals surface area contributed by atoms with Crippen LogP contribution in [0.1, 0.15) is 21.5 Å². The van der Waals surface area contributed by atoms with Crippen LogP contribution < -0.4 is 5.32 Å². The molecule has 1 amide bonds. The number of aromatic amines is 1. The van der Waals surface area contributed by atoms with E-state index in [9.17, 15) is 4.79 Å². The van der Waals surface area contributed by atoms with Gasteiger partial charge in [0.2, 0.25) is 0 Å². The van der Waals surface area contributed by atoms with E-state index < -0.39 is 0 Å². The molecule has 2 aromatic carbocycles. The zero-order chi connectivity index (χ0) is 15.4. The molecule has 0 spiro atoms. The molecule has 1 heterocycles. The summed E-state index contributed by atoms with van der Waals surface area (Å²) >= 11 is 0. The van der Waals surface area contributed by atoms with Crippen LogP contribution in [0.3, 0.4) is 0 Å².